The number of hydrogen-bond acceptors (Lipinski definition) is 7. The number of piperidine rings is 1. The first-order valence-corrected chi connectivity index (χ1v) is 10.4. The molecular formula is C17H23N3O2S2. The zero-order valence-electron chi connectivity index (χ0n) is 13.7. The van der Waals surface area contributed by atoms with E-state index in [0.29, 0.717) is 12.2 Å². The Balaban J connectivity index is 1.35. The fourth-order valence-corrected chi connectivity index (χ4v) is 4.77. The van der Waals surface area contributed by atoms with Gasteiger partial charge in [0, 0.05) is 29.5 Å². The van der Waals surface area contributed by atoms with Crippen LogP contribution in [-0.2, 0) is 12.3 Å². The van der Waals surface area contributed by atoms with Gasteiger partial charge in [-0.15, -0.1) is 11.3 Å². The maximum absolute atomic E-state index is 11.3. The van der Waals surface area contributed by atoms with Crippen LogP contribution in [0, 0.1) is 0 Å². The molecule has 0 atom stereocenters. The molecule has 0 amide bonds. The molecule has 0 bridgehead atoms. The van der Waals surface area contributed by atoms with Gasteiger partial charge in [-0.2, -0.15) is 11.8 Å². The molecule has 3 N–H and O–H groups in total. The van der Waals surface area contributed by atoms with E-state index in [1.165, 1.54) is 42.8 Å². The first-order chi connectivity index (χ1) is 11.6. The molecule has 0 unspecified atom stereocenters. The summed E-state index contributed by atoms with van der Waals surface area (Å²) in [5.74, 6) is 1.84. The first kappa shape index (κ1) is 17.5. The number of thioether (sulfide) groups is 1. The van der Waals surface area contributed by atoms with Crippen LogP contribution in [0.4, 0.5) is 11.4 Å². The molecule has 1 aliphatic rings. The summed E-state index contributed by atoms with van der Waals surface area (Å²) in [5, 5.41) is 5.20. The van der Waals surface area contributed by atoms with Gasteiger partial charge in [-0.05, 0) is 42.9 Å². The number of nitrogens with two attached hydrogens (primary N) is 1. The summed E-state index contributed by atoms with van der Waals surface area (Å²) in [6.07, 6.45) is 4.03. The van der Waals surface area contributed by atoms with E-state index in [0.717, 1.165) is 18.1 Å². The van der Waals surface area contributed by atoms with Gasteiger partial charge in [0.1, 0.15) is 11.4 Å². The van der Waals surface area contributed by atoms with Crippen molar-refractivity contribution in [3.05, 3.63) is 42.3 Å². The smallest absolute Gasteiger partial charge is 0.253 e. The van der Waals surface area contributed by atoms with Crippen molar-refractivity contribution in [2.75, 3.05) is 36.4 Å². The number of nitrogens with one attached hydrogen (secondary N) is 1. The van der Waals surface area contributed by atoms with E-state index in [2.05, 4.69) is 21.7 Å². The van der Waals surface area contributed by atoms with Crippen LogP contribution >= 0.6 is 23.1 Å². The largest absolute Gasteiger partial charge is 0.394 e. The fraction of sp³-hybridized carbons (Fsp3) is 0.529. The molecule has 1 fully saturated rings. The Hall–Kier alpha value is -1.31. The van der Waals surface area contributed by atoms with E-state index >= 15 is 0 Å². The fourth-order valence-electron chi connectivity index (χ4n) is 2.95. The highest BCUT2D eigenvalue weighted by atomic mass is 32.2. The van der Waals surface area contributed by atoms with Crippen LogP contribution in [0.5, 0.6) is 0 Å². The molecule has 130 valence electrons. The van der Waals surface area contributed by atoms with Crippen LogP contribution in [0.2, 0.25) is 0 Å². The van der Waals surface area contributed by atoms with Crippen LogP contribution in [0.1, 0.15) is 29.7 Å². The van der Waals surface area contributed by atoms with Crippen LogP contribution in [0.15, 0.2) is 21.0 Å². The van der Waals surface area contributed by atoms with Crippen LogP contribution in [-0.4, -0.2) is 30.3 Å². The van der Waals surface area contributed by atoms with E-state index in [9.17, 15) is 9.59 Å². The Morgan fingerprint density at radius 3 is 2.75 bits per heavy atom. The quantitative estimate of drug-likeness (QED) is 0.552. The average Bonchev–Trinajstić information content (AvgIpc) is 3.05. The third-order valence-electron chi connectivity index (χ3n) is 4.30. The third kappa shape index (κ3) is 4.20. The lowest BCUT2D eigenvalue weighted by atomic mass is 10.1. The monoisotopic (exact) mass is 365 g/mol. The van der Waals surface area contributed by atoms with Crippen molar-refractivity contribution in [3.8, 4) is 0 Å². The lowest BCUT2D eigenvalue weighted by molar-refractivity contribution is 0.222. The Morgan fingerprint density at radius 1 is 1.21 bits per heavy atom. The standard InChI is InChI=1S/C17H23N3O2S2/c18-14-15(17(22)16(14)21)19-4-7-23-10-12-8-13(24-11-12)9-20-5-2-1-3-6-20/h8,11,19H,1-7,9-10,18H2. The lowest BCUT2D eigenvalue weighted by Gasteiger charge is -2.25. The summed E-state index contributed by atoms with van der Waals surface area (Å²) in [6, 6.07) is 2.31. The molecule has 7 heteroatoms. The lowest BCUT2D eigenvalue weighted by Crippen LogP contribution is -2.37. The Labute approximate surface area is 149 Å². The van der Waals surface area contributed by atoms with Gasteiger partial charge in [-0.1, -0.05) is 6.42 Å². The predicted molar refractivity (Wildman–Crippen MR) is 104 cm³/mol. The van der Waals surface area contributed by atoms with Gasteiger partial charge in [0.05, 0.1) is 0 Å². The highest BCUT2D eigenvalue weighted by Gasteiger charge is 2.16. The zero-order chi connectivity index (χ0) is 16.9. The highest BCUT2D eigenvalue weighted by Crippen LogP contribution is 2.22. The average molecular weight is 366 g/mol. The van der Waals surface area contributed by atoms with E-state index in [1.54, 1.807) is 0 Å². The van der Waals surface area contributed by atoms with Crippen molar-refractivity contribution in [3.63, 3.8) is 0 Å². The number of anilines is 2. The molecule has 0 aliphatic carbocycles. The molecule has 1 aromatic carbocycles. The van der Waals surface area contributed by atoms with Crippen molar-refractivity contribution in [2.45, 2.75) is 31.6 Å². The van der Waals surface area contributed by atoms with E-state index in [4.69, 9.17) is 5.73 Å². The van der Waals surface area contributed by atoms with Gasteiger partial charge >= 0.3 is 0 Å². The maximum Gasteiger partial charge on any atom is 0.253 e. The molecular weight excluding hydrogens is 342 g/mol. The Bertz CT molecular complexity index is 743. The summed E-state index contributed by atoms with van der Waals surface area (Å²) in [7, 11) is 0. The van der Waals surface area contributed by atoms with Gasteiger partial charge in [-0.25, -0.2) is 0 Å². The summed E-state index contributed by atoms with van der Waals surface area (Å²) >= 11 is 3.67. The molecule has 1 aromatic heterocycles. The number of thiophene rings is 1. The van der Waals surface area contributed by atoms with E-state index in [-0.39, 0.29) is 5.69 Å². The number of likely N-dealkylation sites (tertiary alicyclic amines) is 1. The van der Waals surface area contributed by atoms with Gasteiger partial charge < -0.3 is 11.1 Å². The summed E-state index contributed by atoms with van der Waals surface area (Å²) in [5.41, 5.74) is 6.16. The zero-order valence-corrected chi connectivity index (χ0v) is 15.3. The first-order valence-electron chi connectivity index (χ1n) is 8.34. The molecule has 1 aliphatic heterocycles. The second kappa shape index (κ2) is 8.18. The molecule has 0 radical (unpaired) electrons. The van der Waals surface area contributed by atoms with Crippen molar-refractivity contribution >= 4 is 34.5 Å². The minimum Gasteiger partial charge on any atom is -0.394 e. The molecule has 24 heavy (non-hydrogen) atoms. The summed E-state index contributed by atoms with van der Waals surface area (Å²) < 4.78 is 0. The second-order valence-electron chi connectivity index (χ2n) is 6.18. The predicted octanol–water partition coefficient (Wildman–Crippen LogP) is 2.26. The topological polar surface area (TPSA) is 75.4 Å². The van der Waals surface area contributed by atoms with Gasteiger partial charge in [0.25, 0.3) is 10.9 Å². The van der Waals surface area contributed by atoms with Crippen molar-refractivity contribution in [2.24, 2.45) is 0 Å². The Kier molecular flexibility index (Phi) is 5.97. The number of nitrogens with zero attached hydrogens (tertiary/aromatic N) is 1. The number of hydrogen-bond donors (Lipinski definition) is 2. The SMILES string of the molecule is Nc1c(NCCSCc2csc(CN3CCCCC3)c2)c(=O)c1=O. The third-order valence-corrected chi connectivity index (χ3v) is 6.30. The van der Waals surface area contributed by atoms with E-state index in [1.807, 2.05) is 23.1 Å². The molecule has 3 rings (SSSR count). The van der Waals surface area contributed by atoms with Gasteiger partial charge in [0.15, 0.2) is 0 Å². The summed E-state index contributed by atoms with van der Waals surface area (Å²) in [4.78, 5) is 26.3. The van der Waals surface area contributed by atoms with Crippen LogP contribution in [0.3, 0.4) is 0 Å². The van der Waals surface area contributed by atoms with Crippen molar-refractivity contribution in [1.29, 1.82) is 0 Å². The van der Waals surface area contributed by atoms with Crippen molar-refractivity contribution in [1.82, 2.24) is 4.90 Å². The minimum atomic E-state index is -0.565. The second-order valence-corrected chi connectivity index (χ2v) is 8.29. The summed E-state index contributed by atoms with van der Waals surface area (Å²) in [6.45, 7) is 4.19. The highest BCUT2D eigenvalue weighted by molar-refractivity contribution is 7.98. The van der Waals surface area contributed by atoms with Crippen LogP contribution < -0.4 is 21.9 Å². The molecule has 5 nitrogen and oxygen atoms in total. The molecule has 2 heterocycles. The van der Waals surface area contributed by atoms with Gasteiger partial charge in [0.2, 0.25) is 0 Å². The maximum atomic E-state index is 11.3. The van der Waals surface area contributed by atoms with Gasteiger partial charge in [-0.3, -0.25) is 14.5 Å². The molecule has 0 saturated carbocycles. The Morgan fingerprint density at radius 2 is 2.00 bits per heavy atom. The normalized spacial score (nSPS) is 15.8. The molecule has 0 spiro atoms. The molecule has 2 aromatic rings. The minimum absolute atomic E-state index is 0.0742. The van der Waals surface area contributed by atoms with E-state index < -0.39 is 10.9 Å². The number of rotatable bonds is 8. The van der Waals surface area contributed by atoms with Crippen molar-refractivity contribution < 1.29 is 0 Å². The molecule has 1 saturated heterocycles. The van der Waals surface area contributed by atoms with Crippen LogP contribution in [0.25, 0.3) is 0 Å². The number of nitrogen functional groups attached to an aromatic ring is 1.